The van der Waals surface area contributed by atoms with Crippen LogP contribution < -0.4 is 10.0 Å². The average Bonchev–Trinajstić information content (AvgIpc) is 3.27. The van der Waals surface area contributed by atoms with Gasteiger partial charge in [-0.3, -0.25) is 19.1 Å². The summed E-state index contributed by atoms with van der Waals surface area (Å²) < 4.78 is 28.1. The first-order valence-electron chi connectivity index (χ1n) is 9.79. The van der Waals surface area contributed by atoms with Gasteiger partial charge in [-0.25, -0.2) is 8.42 Å². The number of hydrogen-bond acceptors (Lipinski definition) is 6. The summed E-state index contributed by atoms with van der Waals surface area (Å²) >= 11 is 1.13. The lowest BCUT2D eigenvalue weighted by molar-refractivity contribution is -0.133. The third-order valence-corrected chi connectivity index (χ3v) is 7.81. The number of amides is 2. The van der Waals surface area contributed by atoms with Crippen LogP contribution in [0.3, 0.4) is 0 Å². The highest BCUT2D eigenvalue weighted by Crippen LogP contribution is 2.38. The Morgan fingerprint density at radius 3 is 2.58 bits per heavy atom. The number of sulfonamides is 1. The number of nitrogens with zero attached hydrogens (tertiary/aromatic N) is 1. The van der Waals surface area contributed by atoms with Crippen LogP contribution >= 0.6 is 11.8 Å². The van der Waals surface area contributed by atoms with Crippen molar-refractivity contribution < 1.29 is 22.8 Å². The van der Waals surface area contributed by atoms with Gasteiger partial charge in [0.25, 0.3) is 10.0 Å². The predicted octanol–water partition coefficient (Wildman–Crippen LogP) is 2.73. The van der Waals surface area contributed by atoms with Crippen LogP contribution in [0.1, 0.15) is 30.1 Å². The lowest BCUT2D eigenvalue weighted by atomic mass is 10.1. The molecule has 2 aliphatic rings. The topological polar surface area (TPSA) is 113 Å². The minimum Gasteiger partial charge on any atom is -0.341 e. The Morgan fingerprint density at radius 1 is 1.13 bits per heavy atom. The largest absolute Gasteiger partial charge is 0.341 e. The number of carbonyl (C=O) groups excluding carboxylic acids is 3. The standard InChI is InChI=1S/C21H21N3O5S2/c1-13(25)14-5-4-6-15(11-14)23-31(28,29)16-7-8-18-17(12-16)22-20(26)19(30-18)21(27)24-9-2-3-10-24/h4-8,11-12,19,23H,2-3,9-10H2,1H3,(H,22,26)/t19-/m0/s1. The normalized spacial score (nSPS) is 18.3. The molecule has 0 unspecified atom stereocenters. The molecule has 2 heterocycles. The number of ketones is 1. The second kappa shape index (κ2) is 8.35. The van der Waals surface area contributed by atoms with E-state index in [4.69, 9.17) is 0 Å². The van der Waals surface area contributed by atoms with E-state index < -0.39 is 21.2 Å². The highest BCUT2D eigenvalue weighted by molar-refractivity contribution is 8.01. The van der Waals surface area contributed by atoms with E-state index in [1.807, 2.05) is 0 Å². The van der Waals surface area contributed by atoms with Crippen LogP contribution in [0.2, 0.25) is 0 Å². The molecule has 2 amide bonds. The molecule has 0 aliphatic carbocycles. The predicted molar refractivity (Wildman–Crippen MR) is 118 cm³/mol. The van der Waals surface area contributed by atoms with Crippen molar-refractivity contribution in [1.82, 2.24) is 4.90 Å². The highest BCUT2D eigenvalue weighted by atomic mass is 32.2. The fourth-order valence-corrected chi connectivity index (χ4v) is 5.67. The minimum absolute atomic E-state index is 0.0373. The Kier molecular flexibility index (Phi) is 5.76. The van der Waals surface area contributed by atoms with Crippen molar-refractivity contribution in [2.75, 3.05) is 23.1 Å². The summed E-state index contributed by atoms with van der Waals surface area (Å²) in [5.74, 6) is -0.840. The number of anilines is 2. The van der Waals surface area contributed by atoms with Crippen LogP contribution in [-0.2, 0) is 19.6 Å². The van der Waals surface area contributed by atoms with E-state index >= 15 is 0 Å². The maximum atomic E-state index is 12.8. The van der Waals surface area contributed by atoms with Gasteiger partial charge in [-0.2, -0.15) is 0 Å². The molecular weight excluding hydrogens is 438 g/mol. The number of likely N-dealkylation sites (tertiary alicyclic amines) is 1. The van der Waals surface area contributed by atoms with Crippen molar-refractivity contribution in [2.24, 2.45) is 0 Å². The fourth-order valence-electron chi connectivity index (χ4n) is 3.54. The van der Waals surface area contributed by atoms with Gasteiger partial charge in [0.05, 0.1) is 10.6 Å². The van der Waals surface area contributed by atoms with Gasteiger partial charge in [-0.15, -0.1) is 11.8 Å². The Labute approximate surface area is 184 Å². The number of Topliss-reactive ketones (excluding diaryl/α,β-unsaturated/α-hetero) is 1. The summed E-state index contributed by atoms with van der Waals surface area (Å²) in [5, 5.41) is 1.80. The van der Waals surface area contributed by atoms with Gasteiger partial charge in [0.2, 0.25) is 11.8 Å². The molecule has 0 spiro atoms. The quantitative estimate of drug-likeness (QED) is 0.525. The number of benzene rings is 2. The van der Waals surface area contributed by atoms with Crippen LogP contribution in [-0.4, -0.2) is 49.3 Å². The molecule has 0 bridgehead atoms. The summed E-state index contributed by atoms with van der Waals surface area (Å²) in [6.07, 6.45) is 1.87. The third kappa shape index (κ3) is 4.45. The highest BCUT2D eigenvalue weighted by Gasteiger charge is 2.37. The van der Waals surface area contributed by atoms with Gasteiger partial charge in [0.15, 0.2) is 11.0 Å². The number of hydrogen-bond donors (Lipinski definition) is 2. The smallest absolute Gasteiger partial charge is 0.261 e. The lowest BCUT2D eigenvalue weighted by Gasteiger charge is -2.27. The number of carbonyl (C=O) groups is 3. The summed E-state index contributed by atoms with van der Waals surface area (Å²) in [6, 6.07) is 10.6. The van der Waals surface area contributed by atoms with Crippen molar-refractivity contribution in [2.45, 2.75) is 34.8 Å². The minimum atomic E-state index is -3.95. The van der Waals surface area contributed by atoms with E-state index in [1.54, 1.807) is 29.2 Å². The molecule has 2 aromatic carbocycles. The molecule has 0 radical (unpaired) electrons. The SMILES string of the molecule is CC(=O)c1cccc(NS(=O)(=O)c2ccc3c(c2)NC(=O)[C@@H](C(=O)N2CCCC2)S3)c1. The molecule has 2 aromatic rings. The molecule has 10 heteroatoms. The molecule has 4 rings (SSSR count). The van der Waals surface area contributed by atoms with E-state index in [0.717, 1.165) is 24.6 Å². The molecule has 2 N–H and O–H groups in total. The molecule has 1 saturated heterocycles. The molecule has 31 heavy (non-hydrogen) atoms. The summed E-state index contributed by atoms with van der Waals surface area (Å²) in [4.78, 5) is 39.0. The van der Waals surface area contributed by atoms with Crippen molar-refractivity contribution in [3.63, 3.8) is 0 Å². The van der Waals surface area contributed by atoms with E-state index in [0.29, 0.717) is 29.2 Å². The molecule has 2 aliphatic heterocycles. The molecule has 8 nitrogen and oxygen atoms in total. The Balaban J connectivity index is 1.55. The lowest BCUT2D eigenvalue weighted by Crippen LogP contribution is -2.43. The van der Waals surface area contributed by atoms with E-state index in [-0.39, 0.29) is 22.3 Å². The number of nitrogens with one attached hydrogen (secondary N) is 2. The zero-order valence-electron chi connectivity index (χ0n) is 16.8. The molecule has 0 saturated carbocycles. The van der Waals surface area contributed by atoms with Crippen molar-refractivity contribution >= 4 is 50.8 Å². The third-order valence-electron chi connectivity index (χ3n) is 5.17. The second-order valence-electron chi connectivity index (χ2n) is 7.42. The Morgan fingerprint density at radius 2 is 1.87 bits per heavy atom. The van der Waals surface area contributed by atoms with Gasteiger partial charge in [-0.05, 0) is 50.1 Å². The summed E-state index contributed by atoms with van der Waals surface area (Å²) in [6.45, 7) is 2.71. The first-order chi connectivity index (χ1) is 14.7. The fraction of sp³-hybridized carbons (Fsp3) is 0.286. The Hall–Kier alpha value is -2.85. The molecule has 162 valence electrons. The Bertz CT molecular complexity index is 1170. The van der Waals surface area contributed by atoms with Crippen molar-refractivity contribution in [3.05, 3.63) is 48.0 Å². The van der Waals surface area contributed by atoms with Crippen LogP contribution in [0.15, 0.2) is 52.3 Å². The van der Waals surface area contributed by atoms with Crippen LogP contribution in [0.4, 0.5) is 11.4 Å². The first-order valence-corrected chi connectivity index (χ1v) is 12.1. The van der Waals surface area contributed by atoms with Crippen LogP contribution in [0.25, 0.3) is 0 Å². The van der Waals surface area contributed by atoms with Gasteiger partial charge in [0.1, 0.15) is 0 Å². The molecule has 0 aromatic heterocycles. The summed E-state index contributed by atoms with van der Waals surface area (Å²) in [7, 11) is -3.95. The maximum Gasteiger partial charge on any atom is 0.261 e. The van der Waals surface area contributed by atoms with E-state index in [9.17, 15) is 22.8 Å². The molecule has 1 fully saturated rings. The van der Waals surface area contributed by atoms with Gasteiger partial charge >= 0.3 is 0 Å². The maximum absolute atomic E-state index is 12.8. The molecule has 1 atom stereocenters. The van der Waals surface area contributed by atoms with E-state index in [1.165, 1.54) is 25.1 Å². The average molecular weight is 460 g/mol. The van der Waals surface area contributed by atoms with Gasteiger partial charge < -0.3 is 10.2 Å². The zero-order chi connectivity index (χ0) is 22.2. The van der Waals surface area contributed by atoms with Crippen LogP contribution in [0.5, 0.6) is 0 Å². The molecular formula is C21H21N3O5S2. The van der Waals surface area contributed by atoms with E-state index in [2.05, 4.69) is 10.0 Å². The number of thioether (sulfide) groups is 1. The first kappa shape index (κ1) is 21.4. The van der Waals surface area contributed by atoms with Gasteiger partial charge in [0, 0.05) is 29.2 Å². The summed E-state index contributed by atoms with van der Waals surface area (Å²) in [5.41, 5.74) is 1.00. The monoisotopic (exact) mass is 459 g/mol. The van der Waals surface area contributed by atoms with Crippen molar-refractivity contribution in [1.29, 1.82) is 0 Å². The van der Waals surface area contributed by atoms with Crippen LogP contribution in [0, 0.1) is 0 Å². The zero-order valence-corrected chi connectivity index (χ0v) is 18.4. The number of rotatable bonds is 5. The second-order valence-corrected chi connectivity index (χ2v) is 10.2. The van der Waals surface area contributed by atoms with Crippen molar-refractivity contribution in [3.8, 4) is 0 Å². The van der Waals surface area contributed by atoms with Gasteiger partial charge in [-0.1, -0.05) is 12.1 Å². The number of fused-ring (bicyclic) bond motifs is 1.